The monoisotopic (exact) mass is 347 g/mol. The average Bonchev–Trinajstić information content (AvgIpc) is 3.28. The van der Waals surface area contributed by atoms with Crippen molar-refractivity contribution in [3.63, 3.8) is 0 Å². The van der Waals surface area contributed by atoms with Gasteiger partial charge in [-0.25, -0.2) is 0 Å². The first-order chi connectivity index (χ1) is 11.9. The third kappa shape index (κ3) is 5.53. The van der Waals surface area contributed by atoms with E-state index in [-0.39, 0.29) is 11.9 Å². The molecule has 4 nitrogen and oxygen atoms in total. The number of carbonyl (C=O) groups excluding carboxylic acids is 1. The first-order valence-electron chi connectivity index (χ1n) is 9.77. The largest absolute Gasteiger partial charge is 0.455 e. The Morgan fingerprint density at radius 2 is 1.84 bits per heavy atom. The summed E-state index contributed by atoms with van der Waals surface area (Å²) in [7, 11) is -1.22. The topological polar surface area (TPSA) is 83.6 Å². The summed E-state index contributed by atoms with van der Waals surface area (Å²) in [5.41, 5.74) is 6.43. The van der Waals surface area contributed by atoms with Gasteiger partial charge in [-0.1, -0.05) is 18.6 Å². The van der Waals surface area contributed by atoms with Crippen molar-refractivity contribution in [1.82, 2.24) is 0 Å². The van der Waals surface area contributed by atoms with Gasteiger partial charge >= 0.3 is 7.12 Å². The van der Waals surface area contributed by atoms with Gasteiger partial charge < -0.3 is 15.8 Å². The maximum absolute atomic E-state index is 10.8. The molecule has 4 aliphatic rings. The van der Waals surface area contributed by atoms with Gasteiger partial charge in [0.05, 0.1) is 0 Å². The van der Waals surface area contributed by atoms with E-state index in [1.807, 2.05) is 6.08 Å². The van der Waals surface area contributed by atoms with Crippen LogP contribution in [0.15, 0.2) is 25.3 Å². The third-order valence-corrected chi connectivity index (χ3v) is 6.41. The molecule has 5 atom stereocenters. The number of rotatable bonds is 4. The Bertz CT molecular complexity index is 482. The fourth-order valence-corrected chi connectivity index (χ4v) is 5.16. The van der Waals surface area contributed by atoms with E-state index in [9.17, 15) is 4.79 Å². The molecular formula is C20H34BNO3. The van der Waals surface area contributed by atoms with Crippen molar-refractivity contribution in [2.24, 2.45) is 29.4 Å². The van der Waals surface area contributed by atoms with E-state index in [4.69, 9.17) is 15.8 Å². The minimum Gasteiger partial charge on any atom is -0.427 e. The van der Waals surface area contributed by atoms with Gasteiger partial charge in [0.15, 0.2) is 0 Å². The van der Waals surface area contributed by atoms with Crippen LogP contribution in [0.1, 0.15) is 57.8 Å². The highest BCUT2D eigenvalue weighted by Crippen LogP contribution is 2.50. The predicted molar refractivity (Wildman–Crippen MR) is 103 cm³/mol. The lowest BCUT2D eigenvalue weighted by Crippen LogP contribution is -2.44. The summed E-state index contributed by atoms with van der Waals surface area (Å²) in [6.07, 6.45) is 14.8. The summed E-state index contributed by atoms with van der Waals surface area (Å²) < 4.78 is 0. The van der Waals surface area contributed by atoms with Crippen molar-refractivity contribution in [3.8, 4) is 0 Å². The molecule has 4 saturated carbocycles. The Morgan fingerprint density at radius 3 is 2.12 bits per heavy atom. The molecule has 4 N–H and O–H groups in total. The van der Waals surface area contributed by atoms with Gasteiger partial charge in [-0.2, -0.15) is 0 Å². The van der Waals surface area contributed by atoms with Crippen LogP contribution in [0.4, 0.5) is 0 Å². The van der Waals surface area contributed by atoms with Gasteiger partial charge in [0, 0.05) is 17.9 Å². The summed E-state index contributed by atoms with van der Waals surface area (Å²) in [6, 6.07) is 0. The van der Waals surface area contributed by atoms with E-state index in [1.54, 1.807) is 0 Å². The smallest absolute Gasteiger partial charge is 0.427 e. The van der Waals surface area contributed by atoms with Gasteiger partial charge in [-0.05, 0) is 69.0 Å². The summed E-state index contributed by atoms with van der Waals surface area (Å²) >= 11 is 0. The van der Waals surface area contributed by atoms with Crippen LogP contribution in [0.5, 0.6) is 0 Å². The second-order valence-corrected chi connectivity index (χ2v) is 8.36. The summed E-state index contributed by atoms with van der Waals surface area (Å²) in [4.78, 5) is 10.8. The van der Waals surface area contributed by atoms with Gasteiger partial charge in [0.2, 0.25) is 0 Å². The second-order valence-electron chi connectivity index (χ2n) is 8.36. The van der Waals surface area contributed by atoms with Crippen LogP contribution < -0.4 is 5.73 Å². The zero-order valence-corrected chi connectivity index (χ0v) is 15.4. The molecule has 25 heavy (non-hydrogen) atoms. The molecule has 0 aromatic rings. The van der Waals surface area contributed by atoms with Crippen LogP contribution in [-0.4, -0.2) is 28.5 Å². The second kappa shape index (κ2) is 9.15. The van der Waals surface area contributed by atoms with Crippen LogP contribution >= 0.6 is 0 Å². The Kier molecular flexibility index (Phi) is 7.47. The van der Waals surface area contributed by atoms with Crippen molar-refractivity contribution < 1.29 is 14.8 Å². The molecule has 5 unspecified atom stereocenters. The molecule has 0 amide bonds. The zero-order valence-electron chi connectivity index (χ0n) is 15.4. The van der Waals surface area contributed by atoms with Gasteiger partial charge in [-0.3, -0.25) is 4.79 Å². The predicted octanol–water partition coefficient (Wildman–Crippen LogP) is 3.10. The van der Waals surface area contributed by atoms with E-state index in [2.05, 4.69) is 13.2 Å². The molecule has 140 valence electrons. The maximum Gasteiger partial charge on any atom is 0.455 e. The van der Waals surface area contributed by atoms with Crippen LogP contribution in [-0.2, 0) is 4.79 Å². The average molecular weight is 347 g/mol. The number of allylic oxidation sites excluding steroid dienone is 1. The molecular weight excluding hydrogens is 313 g/mol. The van der Waals surface area contributed by atoms with Crippen LogP contribution in [0.2, 0.25) is 6.32 Å². The first-order valence-corrected chi connectivity index (χ1v) is 9.77. The Hall–Kier alpha value is -0.905. The Morgan fingerprint density at radius 1 is 1.12 bits per heavy atom. The Labute approximate surface area is 152 Å². The fourth-order valence-electron chi connectivity index (χ4n) is 5.16. The molecule has 0 aliphatic heterocycles. The van der Waals surface area contributed by atoms with Crippen LogP contribution in [0.3, 0.4) is 0 Å². The quantitative estimate of drug-likeness (QED) is 0.539. The zero-order chi connectivity index (χ0) is 18.4. The van der Waals surface area contributed by atoms with E-state index >= 15 is 0 Å². The number of Topliss-reactive ketones (excluding diaryl/α,β-unsaturated/α-hetero) is 1. The van der Waals surface area contributed by atoms with Crippen LogP contribution in [0.25, 0.3) is 0 Å². The van der Waals surface area contributed by atoms with Gasteiger partial charge in [-0.15, -0.1) is 13.2 Å². The van der Waals surface area contributed by atoms with Crippen molar-refractivity contribution >= 4 is 12.9 Å². The van der Waals surface area contributed by atoms with Crippen molar-refractivity contribution in [2.75, 3.05) is 0 Å². The number of hydrogen-bond acceptors (Lipinski definition) is 4. The summed E-state index contributed by atoms with van der Waals surface area (Å²) in [5, 5.41) is 16.1. The molecule has 0 saturated heterocycles. The molecule has 4 fully saturated rings. The minimum absolute atomic E-state index is 0.144. The third-order valence-electron chi connectivity index (χ3n) is 6.41. The number of ketones is 1. The maximum atomic E-state index is 10.8. The standard InChI is InChI=1S/C10H17N.C7H10O.C3H7BO2/c1-2-5-10(11)7-8-3-4-9(10)6-8;8-7-4-5-1-2-6(7)3-5;1-2-3-4(5)6/h2,8-9H,1,3-7,11H2;5-6H,1-4H2;2,5-6H,1,3H2. The number of hydrogen-bond donors (Lipinski definition) is 3. The van der Waals surface area contributed by atoms with Crippen molar-refractivity contribution in [1.29, 1.82) is 0 Å². The summed E-state index contributed by atoms with van der Waals surface area (Å²) in [5.74, 6) is 3.60. The molecule has 0 heterocycles. The highest BCUT2D eigenvalue weighted by atomic mass is 16.4. The highest BCUT2D eigenvalue weighted by molar-refractivity contribution is 6.41. The normalized spacial score (nSPS) is 37.0. The molecule has 4 aliphatic carbocycles. The molecule has 4 bridgehead atoms. The minimum atomic E-state index is -1.22. The van der Waals surface area contributed by atoms with Crippen LogP contribution in [0, 0.1) is 23.7 Å². The van der Waals surface area contributed by atoms with E-state index in [1.165, 1.54) is 51.0 Å². The SMILES string of the molecule is C=CCB(O)O.C=CCC1(N)CC2CCC1C2.O=C1CC2CCC1C2. The molecule has 0 radical (unpaired) electrons. The lowest BCUT2D eigenvalue weighted by Gasteiger charge is -2.32. The number of carbonyl (C=O) groups is 1. The van der Waals surface area contributed by atoms with E-state index in [0.717, 1.165) is 30.6 Å². The van der Waals surface area contributed by atoms with Crippen molar-refractivity contribution in [2.45, 2.75) is 69.6 Å². The highest BCUT2D eigenvalue weighted by Gasteiger charge is 2.47. The Balaban J connectivity index is 0.000000143. The fraction of sp³-hybridized carbons (Fsp3) is 0.750. The molecule has 0 spiro atoms. The first kappa shape index (κ1) is 20.4. The van der Waals surface area contributed by atoms with Gasteiger partial charge in [0.1, 0.15) is 5.78 Å². The van der Waals surface area contributed by atoms with Crippen molar-refractivity contribution in [3.05, 3.63) is 25.3 Å². The lowest BCUT2D eigenvalue weighted by atomic mass is 9.79. The molecule has 0 aromatic heterocycles. The molecule has 4 rings (SSSR count). The van der Waals surface area contributed by atoms with E-state index < -0.39 is 7.12 Å². The van der Waals surface area contributed by atoms with E-state index in [0.29, 0.717) is 11.7 Å². The lowest BCUT2D eigenvalue weighted by molar-refractivity contribution is -0.121. The number of fused-ring (bicyclic) bond motifs is 4. The van der Waals surface area contributed by atoms with Gasteiger partial charge in [0.25, 0.3) is 0 Å². The molecule has 0 aromatic carbocycles. The summed E-state index contributed by atoms with van der Waals surface area (Å²) in [6.45, 7) is 7.05. The number of nitrogens with two attached hydrogens (primary N) is 1. The molecule has 5 heteroatoms.